The fourth-order valence-corrected chi connectivity index (χ4v) is 3.28. The van der Waals surface area contributed by atoms with Gasteiger partial charge in [-0.1, -0.05) is 0 Å². The molecule has 1 N–H and O–H groups in total. The van der Waals surface area contributed by atoms with Crippen molar-refractivity contribution in [2.75, 3.05) is 33.2 Å². The number of hydrogen-bond acceptors (Lipinski definition) is 7. The van der Waals surface area contributed by atoms with Crippen LogP contribution in [0.2, 0.25) is 0 Å². The van der Waals surface area contributed by atoms with Crippen molar-refractivity contribution in [1.29, 1.82) is 0 Å². The van der Waals surface area contributed by atoms with Gasteiger partial charge in [0.25, 0.3) is 0 Å². The third-order valence-corrected chi connectivity index (χ3v) is 4.87. The van der Waals surface area contributed by atoms with Gasteiger partial charge >= 0.3 is 0 Å². The number of anilines is 1. The lowest BCUT2D eigenvalue weighted by molar-refractivity contribution is 0.386. The first kappa shape index (κ1) is 18.9. The number of benzene rings is 1. The second-order valence-electron chi connectivity index (χ2n) is 5.52. The number of aryl methyl sites for hydroxylation is 1. The molecule has 2 rings (SSSR count). The summed E-state index contributed by atoms with van der Waals surface area (Å²) in [7, 11) is 2.82. The molecule has 0 bridgehead atoms. The van der Waals surface area contributed by atoms with E-state index in [1.807, 2.05) is 32.0 Å². The zero-order valence-electron chi connectivity index (χ0n) is 14.9. The van der Waals surface area contributed by atoms with Crippen LogP contribution in [-0.2, 0) is 16.6 Å². The van der Waals surface area contributed by atoms with Crippen LogP contribution < -0.4 is 19.1 Å². The third kappa shape index (κ3) is 4.58. The Hall–Kier alpha value is -2.39. The molecule has 0 atom stereocenters. The maximum Gasteiger partial charge on any atom is 0.244 e. The number of nitrogens with one attached hydrogen (secondary N) is 1. The van der Waals surface area contributed by atoms with Crippen LogP contribution >= 0.6 is 0 Å². The second-order valence-corrected chi connectivity index (χ2v) is 7.25. The van der Waals surface area contributed by atoms with Crippen LogP contribution in [0.3, 0.4) is 0 Å². The lowest BCUT2D eigenvalue weighted by Crippen LogP contribution is -2.25. The van der Waals surface area contributed by atoms with Crippen molar-refractivity contribution in [3.63, 3.8) is 0 Å². The molecular formula is C16H22N4O4S. The zero-order chi connectivity index (χ0) is 18.6. The molecule has 0 radical (unpaired) electrons. The highest BCUT2D eigenvalue weighted by molar-refractivity contribution is 7.89. The van der Waals surface area contributed by atoms with Crippen molar-refractivity contribution in [3.05, 3.63) is 35.8 Å². The van der Waals surface area contributed by atoms with Crippen molar-refractivity contribution in [2.45, 2.75) is 18.4 Å². The average Bonchev–Trinajstić information content (AvgIpc) is 2.58. The first-order valence-electron chi connectivity index (χ1n) is 7.50. The van der Waals surface area contributed by atoms with E-state index in [4.69, 9.17) is 9.47 Å². The Labute approximate surface area is 147 Å². The molecule has 1 aromatic carbocycles. The molecule has 0 fully saturated rings. The summed E-state index contributed by atoms with van der Waals surface area (Å²) >= 11 is 0. The van der Waals surface area contributed by atoms with E-state index in [0.717, 1.165) is 5.69 Å². The van der Waals surface area contributed by atoms with E-state index in [2.05, 4.69) is 14.7 Å². The van der Waals surface area contributed by atoms with Crippen LogP contribution in [0.4, 0.5) is 5.82 Å². The van der Waals surface area contributed by atoms with Crippen LogP contribution in [-0.4, -0.2) is 46.7 Å². The molecule has 0 unspecified atom stereocenters. The SMILES string of the molecule is COc1ccc(S(=O)(=O)NCc2nc(C)cc(N(C)C)n2)c(OC)c1. The molecule has 9 heteroatoms. The molecule has 0 spiro atoms. The highest BCUT2D eigenvalue weighted by atomic mass is 32.2. The number of hydrogen-bond donors (Lipinski definition) is 1. The van der Waals surface area contributed by atoms with Gasteiger partial charge < -0.3 is 14.4 Å². The molecule has 0 saturated carbocycles. The Morgan fingerprint density at radius 2 is 1.84 bits per heavy atom. The summed E-state index contributed by atoms with van der Waals surface area (Å²) in [6, 6.07) is 6.33. The summed E-state index contributed by atoms with van der Waals surface area (Å²) in [4.78, 5) is 10.5. The van der Waals surface area contributed by atoms with Gasteiger partial charge in [0.1, 0.15) is 28.0 Å². The van der Waals surface area contributed by atoms with E-state index in [9.17, 15) is 8.42 Å². The van der Waals surface area contributed by atoms with Gasteiger partial charge in [-0.15, -0.1) is 0 Å². The van der Waals surface area contributed by atoms with Crippen LogP contribution in [0, 0.1) is 6.92 Å². The predicted molar refractivity (Wildman–Crippen MR) is 94.7 cm³/mol. The largest absolute Gasteiger partial charge is 0.497 e. The number of methoxy groups -OCH3 is 2. The topological polar surface area (TPSA) is 93.7 Å². The standard InChI is InChI=1S/C16H22N4O4S/c1-11-8-16(20(2)3)19-15(18-11)10-17-25(21,22)14-7-6-12(23-4)9-13(14)24-5/h6-9,17H,10H2,1-5H3. The van der Waals surface area contributed by atoms with Gasteiger partial charge in [-0.05, 0) is 19.1 Å². The Bertz CT molecular complexity index is 853. The lowest BCUT2D eigenvalue weighted by Gasteiger charge is -2.14. The number of nitrogens with zero attached hydrogens (tertiary/aromatic N) is 3. The van der Waals surface area contributed by atoms with Crippen LogP contribution in [0.15, 0.2) is 29.2 Å². The molecule has 1 aromatic heterocycles. The van der Waals surface area contributed by atoms with Gasteiger partial charge in [-0.2, -0.15) is 0 Å². The molecule has 25 heavy (non-hydrogen) atoms. The number of sulfonamides is 1. The lowest BCUT2D eigenvalue weighted by atomic mass is 10.3. The van der Waals surface area contributed by atoms with Crippen molar-refractivity contribution in [2.24, 2.45) is 0 Å². The van der Waals surface area contributed by atoms with E-state index in [-0.39, 0.29) is 17.2 Å². The molecule has 8 nitrogen and oxygen atoms in total. The van der Waals surface area contributed by atoms with Gasteiger partial charge in [0, 0.05) is 31.9 Å². The molecule has 0 aliphatic rings. The van der Waals surface area contributed by atoms with Crippen molar-refractivity contribution < 1.29 is 17.9 Å². The molecule has 0 saturated heterocycles. The molecular weight excluding hydrogens is 344 g/mol. The highest BCUT2D eigenvalue weighted by Crippen LogP contribution is 2.28. The zero-order valence-corrected chi connectivity index (χ0v) is 15.7. The van der Waals surface area contributed by atoms with E-state index >= 15 is 0 Å². The van der Waals surface area contributed by atoms with E-state index in [0.29, 0.717) is 17.4 Å². The quantitative estimate of drug-likeness (QED) is 0.790. The summed E-state index contributed by atoms with van der Waals surface area (Å²) in [6.45, 7) is 1.80. The second kappa shape index (κ2) is 7.66. The van der Waals surface area contributed by atoms with E-state index in [1.54, 1.807) is 6.07 Å². The van der Waals surface area contributed by atoms with Gasteiger partial charge in [0.15, 0.2) is 0 Å². The first-order chi connectivity index (χ1) is 11.8. The minimum atomic E-state index is -3.80. The molecule has 0 aliphatic carbocycles. The predicted octanol–water partition coefficient (Wildman–Crippen LogP) is 1.35. The number of ether oxygens (including phenoxy) is 2. The Balaban J connectivity index is 2.25. The monoisotopic (exact) mass is 366 g/mol. The fourth-order valence-electron chi connectivity index (χ4n) is 2.15. The minimum absolute atomic E-state index is 0.0243. The van der Waals surface area contributed by atoms with E-state index < -0.39 is 10.0 Å². The van der Waals surface area contributed by atoms with Crippen molar-refractivity contribution in [1.82, 2.24) is 14.7 Å². The molecule has 2 aromatic rings. The minimum Gasteiger partial charge on any atom is -0.497 e. The molecule has 0 amide bonds. The van der Waals surface area contributed by atoms with Gasteiger partial charge in [0.2, 0.25) is 10.0 Å². The molecule has 136 valence electrons. The maximum absolute atomic E-state index is 12.6. The summed E-state index contributed by atoms with van der Waals surface area (Å²) in [5, 5.41) is 0. The van der Waals surface area contributed by atoms with Gasteiger partial charge in [-0.25, -0.2) is 23.1 Å². The Kier molecular flexibility index (Phi) is 5.81. The van der Waals surface area contributed by atoms with Crippen LogP contribution in [0.1, 0.15) is 11.5 Å². The van der Waals surface area contributed by atoms with Crippen LogP contribution in [0.5, 0.6) is 11.5 Å². The Morgan fingerprint density at radius 1 is 1.12 bits per heavy atom. The van der Waals surface area contributed by atoms with Gasteiger partial charge in [-0.3, -0.25) is 0 Å². The van der Waals surface area contributed by atoms with Crippen molar-refractivity contribution in [3.8, 4) is 11.5 Å². The van der Waals surface area contributed by atoms with Gasteiger partial charge in [0.05, 0.1) is 20.8 Å². The molecule has 1 heterocycles. The first-order valence-corrected chi connectivity index (χ1v) is 8.98. The summed E-state index contributed by atoms with van der Waals surface area (Å²) in [5.74, 6) is 1.81. The maximum atomic E-state index is 12.6. The summed E-state index contributed by atoms with van der Waals surface area (Å²) < 4.78 is 37.9. The van der Waals surface area contributed by atoms with Crippen molar-refractivity contribution >= 4 is 15.8 Å². The number of rotatable bonds is 7. The Morgan fingerprint density at radius 3 is 2.44 bits per heavy atom. The third-order valence-electron chi connectivity index (χ3n) is 3.43. The average molecular weight is 366 g/mol. The smallest absolute Gasteiger partial charge is 0.244 e. The summed E-state index contributed by atoms with van der Waals surface area (Å²) in [5.41, 5.74) is 0.759. The fraction of sp³-hybridized carbons (Fsp3) is 0.375. The summed E-state index contributed by atoms with van der Waals surface area (Å²) in [6.07, 6.45) is 0. The van der Waals surface area contributed by atoms with E-state index in [1.165, 1.54) is 26.4 Å². The van der Waals surface area contributed by atoms with Crippen LogP contribution in [0.25, 0.3) is 0 Å². The highest BCUT2D eigenvalue weighted by Gasteiger charge is 2.20. The molecule has 0 aliphatic heterocycles. The normalized spacial score (nSPS) is 11.2. The number of aromatic nitrogens is 2.